The number of hydrogen-bond donors (Lipinski definition) is 3. The summed E-state index contributed by atoms with van der Waals surface area (Å²) in [6.07, 6.45) is 1.45. The molecule has 0 atom stereocenters. The molecular formula is C26H34ClF3N6O. The van der Waals surface area contributed by atoms with Crippen molar-refractivity contribution in [2.75, 3.05) is 38.0 Å². The van der Waals surface area contributed by atoms with Gasteiger partial charge in [0.2, 0.25) is 5.95 Å². The van der Waals surface area contributed by atoms with Crippen molar-refractivity contribution in [1.82, 2.24) is 24.8 Å². The zero-order valence-electron chi connectivity index (χ0n) is 20.7. The van der Waals surface area contributed by atoms with Crippen LogP contribution in [0.15, 0.2) is 36.7 Å². The number of benzene rings is 1. The molecule has 0 amide bonds. The Labute approximate surface area is 220 Å². The third-order valence-electron chi connectivity index (χ3n) is 7.20. The van der Waals surface area contributed by atoms with E-state index in [1.54, 1.807) is 6.20 Å². The molecule has 3 aromatic rings. The fourth-order valence-corrected chi connectivity index (χ4v) is 5.19. The van der Waals surface area contributed by atoms with Crippen LogP contribution in [0.25, 0.3) is 22.2 Å². The summed E-state index contributed by atoms with van der Waals surface area (Å²) in [6.45, 7) is 4.77. The zero-order valence-corrected chi connectivity index (χ0v) is 21.5. The number of hydrogen-bond acceptors (Lipinski definition) is 6. The zero-order chi connectivity index (χ0) is 25.1. The number of aromatic nitrogens is 3. The quantitative estimate of drug-likeness (QED) is 0.402. The van der Waals surface area contributed by atoms with E-state index in [1.807, 2.05) is 0 Å². The highest BCUT2D eigenvalue weighted by molar-refractivity contribution is 5.94. The Balaban J connectivity index is 0.00000320. The van der Waals surface area contributed by atoms with Gasteiger partial charge in [-0.3, -0.25) is 4.90 Å². The summed E-state index contributed by atoms with van der Waals surface area (Å²) in [5, 5.41) is 16.9. The van der Waals surface area contributed by atoms with Gasteiger partial charge in [-0.15, -0.1) is 12.4 Å². The summed E-state index contributed by atoms with van der Waals surface area (Å²) in [4.78, 5) is 11.4. The smallest absolute Gasteiger partial charge is 0.390 e. The second-order valence-electron chi connectivity index (χ2n) is 9.86. The predicted molar refractivity (Wildman–Crippen MR) is 141 cm³/mol. The van der Waals surface area contributed by atoms with Crippen LogP contribution >= 0.6 is 12.4 Å². The number of nitrogens with zero attached hydrogens (tertiary/aromatic N) is 4. The first-order valence-electron chi connectivity index (χ1n) is 12.7. The number of rotatable bonds is 7. The highest BCUT2D eigenvalue weighted by atomic mass is 35.5. The normalized spacial score (nSPS) is 21.1. The Hall–Kier alpha value is -2.40. The molecule has 1 saturated carbocycles. The molecule has 1 aromatic carbocycles. The number of fused-ring (bicyclic) bond motifs is 1. The highest BCUT2D eigenvalue weighted by Crippen LogP contribution is 2.37. The van der Waals surface area contributed by atoms with Crippen LogP contribution in [0.4, 0.5) is 19.1 Å². The van der Waals surface area contributed by atoms with Crippen molar-refractivity contribution in [3.8, 4) is 11.1 Å². The van der Waals surface area contributed by atoms with Gasteiger partial charge in [-0.2, -0.15) is 18.2 Å². The lowest BCUT2D eigenvalue weighted by Crippen LogP contribution is -2.42. The summed E-state index contributed by atoms with van der Waals surface area (Å²) in [5.41, 5.74) is 4.03. The number of piperazine rings is 1. The largest absolute Gasteiger partial charge is 0.393 e. The molecule has 1 saturated heterocycles. The van der Waals surface area contributed by atoms with Crippen LogP contribution in [0, 0.1) is 0 Å². The number of halogens is 4. The molecule has 3 N–H and O–H groups in total. The second kappa shape index (κ2) is 12.0. The van der Waals surface area contributed by atoms with Crippen LogP contribution in [0.5, 0.6) is 0 Å². The molecule has 0 radical (unpaired) electrons. The van der Waals surface area contributed by atoms with Crippen LogP contribution in [0.2, 0.25) is 0 Å². The molecule has 2 aliphatic rings. The lowest BCUT2D eigenvalue weighted by Gasteiger charge is -2.27. The number of anilines is 1. The predicted octanol–water partition coefficient (Wildman–Crippen LogP) is 4.77. The maximum atomic E-state index is 12.6. The van der Waals surface area contributed by atoms with Gasteiger partial charge in [0.25, 0.3) is 0 Å². The monoisotopic (exact) mass is 538 g/mol. The van der Waals surface area contributed by atoms with Crippen molar-refractivity contribution in [2.24, 2.45) is 0 Å². The number of alkyl halides is 3. The lowest BCUT2D eigenvalue weighted by molar-refractivity contribution is -0.131. The highest BCUT2D eigenvalue weighted by Gasteiger charge is 2.27. The minimum Gasteiger partial charge on any atom is -0.393 e. The molecule has 0 unspecified atom stereocenters. The molecule has 37 heavy (non-hydrogen) atoms. The van der Waals surface area contributed by atoms with Crippen molar-refractivity contribution in [3.63, 3.8) is 0 Å². The number of aliphatic hydroxyl groups excluding tert-OH is 1. The molecular weight excluding hydrogens is 505 g/mol. The average Bonchev–Trinajstić information content (AvgIpc) is 3.24. The van der Waals surface area contributed by atoms with Crippen molar-refractivity contribution >= 4 is 29.4 Å². The Morgan fingerprint density at radius 1 is 1.05 bits per heavy atom. The van der Waals surface area contributed by atoms with Crippen molar-refractivity contribution in [3.05, 3.63) is 42.2 Å². The summed E-state index contributed by atoms with van der Waals surface area (Å²) in [6, 6.07) is 8.74. The fourth-order valence-electron chi connectivity index (χ4n) is 5.19. The van der Waals surface area contributed by atoms with E-state index in [-0.39, 0.29) is 37.0 Å². The van der Waals surface area contributed by atoms with E-state index in [9.17, 15) is 18.3 Å². The van der Waals surface area contributed by atoms with E-state index in [0.717, 1.165) is 74.9 Å². The number of aliphatic hydroxyl groups is 1. The standard InChI is InChI=1S/C26H33F3N6O.ClH/c27-26(28,29)9-10-31-25-32-15-22-23(17-35(24(22)33-25)20-5-7-21(36)8-6-20)19-3-1-18(2-4-19)16-34-13-11-30-12-14-34;/h1-4,15,17,20-21,30,36H,5-14,16H2,(H,31,32,33);1H. The van der Waals surface area contributed by atoms with E-state index in [1.165, 1.54) is 5.56 Å². The van der Waals surface area contributed by atoms with Gasteiger partial charge in [0.05, 0.1) is 12.5 Å². The molecule has 0 spiro atoms. The first-order chi connectivity index (χ1) is 17.4. The van der Waals surface area contributed by atoms with E-state index in [2.05, 4.69) is 60.5 Å². The van der Waals surface area contributed by atoms with Crippen LogP contribution in [-0.2, 0) is 6.54 Å². The van der Waals surface area contributed by atoms with Gasteiger partial charge in [-0.1, -0.05) is 24.3 Å². The van der Waals surface area contributed by atoms with E-state index in [4.69, 9.17) is 0 Å². The molecule has 1 aliphatic heterocycles. The van der Waals surface area contributed by atoms with Crippen LogP contribution < -0.4 is 10.6 Å². The second-order valence-corrected chi connectivity index (χ2v) is 9.86. The Kier molecular flexibility index (Phi) is 8.94. The van der Waals surface area contributed by atoms with Crippen molar-refractivity contribution in [1.29, 1.82) is 0 Å². The summed E-state index contributed by atoms with van der Waals surface area (Å²) >= 11 is 0. The summed E-state index contributed by atoms with van der Waals surface area (Å²) in [5.74, 6) is 0.194. The summed E-state index contributed by atoms with van der Waals surface area (Å²) in [7, 11) is 0. The molecule has 202 valence electrons. The summed E-state index contributed by atoms with van der Waals surface area (Å²) < 4.78 is 39.9. The number of nitrogens with one attached hydrogen (secondary N) is 2. The first kappa shape index (κ1) is 27.6. The van der Waals surface area contributed by atoms with Crippen LogP contribution in [-0.4, -0.2) is 69.5 Å². The molecule has 2 aromatic heterocycles. The Morgan fingerprint density at radius 2 is 1.76 bits per heavy atom. The minimum atomic E-state index is -4.23. The average molecular weight is 539 g/mol. The van der Waals surface area contributed by atoms with E-state index < -0.39 is 12.6 Å². The van der Waals surface area contributed by atoms with E-state index >= 15 is 0 Å². The molecule has 1 aliphatic carbocycles. The third-order valence-corrected chi connectivity index (χ3v) is 7.20. The fraction of sp³-hybridized carbons (Fsp3) is 0.538. The lowest BCUT2D eigenvalue weighted by atomic mass is 9.93. The van der Waals surface area contributed by atoms with Gasteiger partial charge >= 0.3 is 6.18 Å². The SMILES string of the molecule is Cl.OC1CCC(n2cc(-c3ccc(CN4CCNCC4)cc3)c3cnc(NCCC(F)(F)F)nc32)CC1. The molecule has 5 rings (SSSR count). The molecule has 3 heterocycles. The minimum absolute atomic E-state index is 0. The Bertz CT molecular complexity index is 1160. The molecule has 2 fully saturated rings. The van der Waals surface area contributed by atoms with Crippen molar-refractivity contribution < 1.29 is 18.3 Å². The molecule has 11 heteroatoms. The van der Waals surface area contributed by atoms with Gasteiger partial charge in [0.1, 0.15) is 5.65 Å². The molecule has 7 nitrogen and oxygen atoms in total. The maximum Gasteiger partial charge on any atom is 0.390 e. The van der Waals surface area contributed by atoms with Gasteiger partial charge in [-0.05, 0) is 36.8 Å². The van der Waals surface area contributed by atoms with Gasteiger partial charge in [0, 0.05) is 68.7 Å². The Morgan fingerprint density at radius 3 is 2.43 bits per heavy atom. The van der Waals surface area contributed by atoms with E-state index in [0.29, 0.717) is 5.65 Å². The third kappa shape index (κ3) is 6.93. The van der Waals surface area contributed by atoms with Gasteiger partial charge in [-0.25, -0.2) is 4.98 Å². The van der Waals surface area contributed by atoms with Crippen LogP contribution in [0.3, 0.4) is 0 Å². The maximum absolute atomic E-state index is 12.6. The van der Waals surface area contributed by atoms with Gasteiger partial charge < -0.3 is 20.3 Å². The molecule has 0 bridgehead atoms. The topological polar surface area (TPSA) is 78.2 Å². The van der Waals surface area contributed by atoms with Crippen LogP contribution in [0.1, 0.15) is 43.7 Å². The first-order valence-corrected chi connectivity index (χ1v) is 12.7. The van der Waals surface area contributed by atoms with Crippen molar-refractivity contribution in [2.45, 2.75) is 57.0 Å². The van der Waals surface area contributed by atoms with Gasteiger partial charge in [0.15, 0.2) is 0 Å².